The Labute approximate surface area is 115 Å². The Bertz CT molecular complexity index is 478. The van der Waals surface area contributed by atoms with E-state index in [-0.39, 0.29) is 0 Å². The second-order valence-electron chi connectivity index (χ2n) is 5.27. The van der Waals surface area contributed by atoms with Gasteiger partial charge in [0.1, 0.15) is 5.82 Å². The normalized spacial score (nSPS) is 19.4. The van der Waals surface area contributed by atoms with Gasteiger partial charge < -0.3 is 4.90 Å². The van der Waals surface area contributed by atoms with Crippen molar-refractivity contribution in [2.45, 2.75) is 32.7 Å². The summed E-state index contributed by atoms with van der Waals surface area (Å²) in [5.74, 6) is 0.902. The lowest BCUT2D eigenvalue weighted by Crippen LogP contribution is -2.39. The van der Waals surface area contributed by atoms with Gasteiger partial charge in [-0.1, -0.05) is 6.92 Å². The first kappa shape index (κ1) is 13.8. The van der Waals surface area contributed by atoms with E-state index in [1.54, 1.807) is 0 Å². The molecular weight excluding hydrogens is 236 g/mol. The van der Waals surface area contributed by atoms with Gasteiger partial charge in [0.25, 0.3) is 0 Å². The van der Waals surface area contributed by atoms with E-state index in [9.17, 15) is 0 Å². The fourth-order valence-corrected chi connectivity index (χ4v) is 2.84. The van der Waals surface area contributed by atoms with Crippen molar-refractivity contribution in [1.82, 2.24) is 9.88 Å². The van der Waals surface area contributed by atoms with E-state index in [1.807, 2.05) is 19.1 Å². The largest absolute Gasteiger partial charge is 0.358 e. The quantitative estimate of drug-likeness (QED) is 0.830. The van der Waals surface area contributed by atoms with Crippen LogP contribution in [0.1, 0.15) is 31.0 Å². The standard InChI is InChI=1S/C15H22N4/c1-4-19-7-5-6-14(19)11-18(3)15-9-13(10-16)8-12(2)17-15/h8-9,14H,4-7,11H2,1-3H3. The topological polar surface area (TPSA) is 43.2 Å². The molecule has 0 aliphatic carbocycles. The van der Waals surface area contributed by atoms with Crippen molar-refractivity contribution in [1.29, 1.82) is 5.26 Å². The summed E-state index contributed by atoms with van der Waals surface area (Å²) in [6, 6.07) is 6.51. The van der Waals surface area contributed by atoms with Crippen LogP contribution in [0.4, 0.5) is 5.82 Å². The number of aromatic nitrogens is 1. The van der Waals surface area contributed by atoms with Gasteiger partial charge in [0, 0.05) is 25.3 Å². The lowest BCUT2D eigenvalue weighted by atomic mass is 10.2. The van der Waals surface area contributed by atoms with Crippen LogP contribution in [0.25, 0.3) is 0 Å². The fourth-order valence-electron chi connectivity index (χ4n) is 2.84. The molecule has 0 aromatic carbocycles. The van der Waals surface area contributed by atoms with E-state index in [0.29, 0.717) is 11.6 Å². The Kier molecular flexibility index (Phi) is 4.39. The summed E-state index contributed by atoms with van der Waals surface area (Å²) in [4.78, 5) is 9.23. The summed E-state index contributed by atoms with van der Waals surface area (Å²) >= 11 is 0. The molecule has 1 saturated heterocycles. The van der Waals surface area contributed by atoms with Gasteiger partial charge in [-0.2, -0.15) is 5.26 Å². The van der Waals surface area contributed by atoms with Crippen LogP contribution in [0.3, 0.4) is 0 Å². The lowest BCUT2D eigenvalue weighted by molar-refractivity contribution is 0.270. The minimum Gasteiger partial charge on any atom is -0.358 e. The Hall–Kier alpha value is -1.60. The highest BCUT2D eigenvalue weighted by molar-refractivity contribution is 5.46. The third-order valence-corrected chi connectivity index (χ3v) is 3.85. The molecule has 1 unspecified atom stereocenters. The van der Waals surface area contributed by atoms with Crippen molar-refractivity contribution in [3.8, 4) is 6.07 Å². The van der Waals surface area contributed by atoms with Gasteiger partial charge in [-0.05, 0) is 45.0 Å². The number of hydrogen-bond acceptors (Lipinski definition) is 4. The summed E-state index contributed by atoms with van der Waals surface area (Å²) in [7, 11) is 2.06. The van der Waals surface area contributed by atoms with Crippen LogP contribution >= 0.6 is 0 Å². The summed E-state index contributed by atoms with van der Waals surface area (Å²) in [6.45, 7) is 7.46. The Morgan fingerprint density at radius 1 is 1.53 bits per heavy atom. The molecule has 0 spiro atoms. The zero-order chi connectivity index (χ0) is 13.8. The number of aryl methyl sites for hydroxylation is 1. The molecule has 1 aromatic heterocycles. The molecule has 1 aromatic rings. The minimum absolute atomic E-state index is 0.614. The van der Waals surface area contributed by atoms with E-state index in [4.69, 9.17) is 5.26 Å². The van der Waals surface area contributed by atoms with Crippen LogP contribution in [-0.4, -0.2) is 42.6 Å². The first-order valence-corrected chi connectivity index (χ1v) is 6.98. The van der Waals surface area contributed by atoms with Gasteiger partial charge in [-0.15, -0.1) is 0 Å². The number of rotatable bonds is 4. The number of likely N-dealkylation sites (tertiary alicyclic amines) is 1. The van der Waals surface area contributed by atoms with Crippen LogP contribution in [0.2, 0.25) is 0 Å². The second-order valence-corrected chi connectivity index (χ2v) is 5.27. The molecule has 1 fully saturated rings. The molecule has 0 bridgehead atoms. The molecule has 1 atom stereocenters. The monoisotopic (exact) mass is 258 g/mol. The van der Waals surface area contributed by atoms with E-state index in [0.717, 1.165) is 24.6 Å². The van der Waals surface area contributed by atoms with Gasteiger partial charge in [0.05, 0.1) is 11.6 Å². The highest BCUT2D eigenvalue weighted by Crippen LogP contribution is 2.20. The average molecular weight is 258 g/mol. The predicted molar refractivity (Wildman–Crippen MR) is 77.2 cm³/mol. The molecule has 0 amide bonds. The first-order chi connectivity index (χ1) is 9.13. The molecule has 0 radical (unpaired) electrons. The van der Waals surface area contributed by atoms with Gasteiger partial charge >= 0.3 is 0 Å². The minimum atomic E-state index is 0.614. The number of likely N-dealkylation sites (N-methyl/N-ethyl adjacent to an activating group) is 2. The fraction of sp³-hybridized carbons (Fsp3) is 0.600. The van der Waals surface area contributed by atoms with E-state index in [1.165, 1.54) is 19.4 Å². The maximum atomic E-state index is 9.03. The maximum Gasteiger partial charge on any atom is 0.129 e. The average Bonchev–Trinajstić information content (AvgIpc) is 2.85. The van der Waals surface area contributed by atoms with E-state index in [2.05, 4.69) is 34.8 Å². The Morgan fingerprint density at radius 3 is 3.00 bits per heavy atom. The van der Waals surface area contributed by atoms with Crippen LogP contribution in [-0.2, 0) is 0 Å². The molecule has 102 valence electrons. The summed E-state index contributed by atoms with van der Waals surface area (Å²) < 4.78 is 0. The molecule has 1 aliphatic heterocycles. The van der Waals surface area contributed by atoms with Crippen molar-refractivity contribution in [2.75, 3.05) is 31.6 Å². The third kappa shape index (κ3) is 3.24. The Balaban J connectivity index is 2.09. The van der Waals surface area contributed by atoms with Crippen LogP contribution in [0, 0.1) is 18.3 Å². The SMILES string of the molecule is CCN1CCCC1CN(C)c1cc(C#N)cc(C)n1. The molecule has 4 heteroatoms. The number of hydrogen-bond donors (Lipinski definition) is 0. The van der Waals surface area contributed by atoms with Gasteiger partial charge in [-0.3, -0.25) is 4.90 Å². The Morgan fingerprint density at radius 2 is 2.32 bits per heavy atom. The highest BCUT2D eigenvalue weighted by atomic mass is 15.2. The van der Waals surface area contributed by atoms with Crippen LogP contribution < -0.4 is 4.90 Å². The maximum absolute atomic E-state index is 9.03. The van der Waals surface area contributed by atoms with Crippen molar-refractivity contribution in [3.05, 3.63) is 23.4 Å². The zero-order valence-electron chi connectivity index (χ0n) is 12.1. The van der Waals surface area contributed by atoms with Crippen LogP contribution in [0.5, 0.6) is 0 Å². The second kappa shape index (κ2) is 6.03. The molecule has 1 aliphatic rings. The number of nitriles is 1. The molecule has 0 N–H and O–H groups in total. The molecule has 2 heterocycles. The summed E-state index contributed by atoms with van der Waals surface area (Å²) in [6.07, 6.45) is 2.55. The van der Waals surface area contributed by atoms with Crippen molar-refractivity contribution >= 4 is 5.82 Å². The lowest BCUT2D eigenvalue weighted by Gasteiger charge is -2.28. The van der Waals surface area contributed by atoms with Crippen LogP contribution in [0.15, 0.2) is 12.1 Å². The number of anilines is 1. The van der Waals surface area contributed by atoms with Gasteiger partial charge in [0.2, 0.25) is 0 Å². The van der Waals surface area contributed by atoms with Gasteiger partial charge in [-0.25, -0.2) is 4.98 Å². The first-order valence-electron chi connectivity index (χ1n) is 6.98. The van der Waals surface area contributed by atoms with Crippen molar-refractivity contribution < 1.29 is 0 Å². The van der Waals surface area contributed by atoms with Crippen molar-refractivity contribution in [2.24, 2.45) is 0 Å². The van der Waals surface area contributed by atoms with Crippen molar-refractivity contribution in [3.63, 3.8) is 0 Å². The van der Waals surface area contributed by atoms with E-state index >= 15 is 0 Å². The number of pyridine rings is 1. The van der Waals surface area contributed by atoms with E-state index < -0.39 is 0 Å². The number of nitrogens with zero attached hydrogens (tertiary/aromatic N) is 4. The predicted octanol–water partition coefficient (Wildman–Crippen LogP) is 2.18. The molecule has 19 heavy (non-hydrogen) atoms. The van der Waals surface area contributed by atoms with Gasteiger partial charge in [0.15, 0.2) is 0 Å². The summed E-state index contributed by atoms with van der Waals surface area (Å²) in [5.41, 5.74) is 1.59. The third-order valence-electron chi connectivity index (χ3n) is 3.85. The molecule has 0 saturated carbocycles. The summed E-state index contributed by atoms with van der Waals surface area (Å²) in [5, 5.41) is 9.03. The smallest absolute Gasteiger partial charge is 0.129 e. The zero-order valence-corrected chi connectivity index (χ0v) is 12.1. The molecular formula is C15H22N4. The molecule has 4 nitrogen and oxygen atoms in total. The highest BCUT2D eigenvalue weighted by Gasteiger charge is 2.24. The molecule has 2 rings (SSSR count).